The number of nitrogens with one attached hydrogen (secondary N) is 1. The summed E-state index contributed by atoms with van der Waals surface area (Å²) in [5.74, 6) is -0.0930. The topological polar surface area (TPSA) is 109 Å². The Labute approximate surface area is 102 Å². The predicted octanol–water partition coefficient (Wildman–Crippen LogP) is 0.759. The zero-order valence-corrected chi connectivity index (χ0v) is 10.5. The van der Waals surface area contributed by atoms with Crippen LogP contribution < -0.4 is 10.5 Å². The third-order valence-corrected chi connectivity index (χ3v) is 3.73. The highest BCUT2D eigenvalue weighted by Crippen LogP contribution is 2.25. The molecule has 0 aromatic carbocycles. The summed E-state index contributed by atoms with van der Waals surface area (Å²) < 4.78 is 21.2. The van der Waals surface area contributed by atoms with Crippen molar-refractivity contribution in [1.82, 2.24) is 4.98 Å². The highest BCUT2D eigenvalue weighted by atomic mass is 35.5. The Hall–Kier alpha value is -0.880. The Morgan fingerprint density at radius 3 is 2.81 bits per heavy atom. The van der Waals surface area contributed by atoms with Gasteiger partial charge >= 0.3 is 0 Å². The SMILES string of the molecule is N#Cc1sc(NCCCS(N)(=O)=O)nc1Cl. The minimum atomic E-state index is -3.42. The van der Waals surface area contributed by atoms with Crippen molar-refractivity contribution in [3.8, 4) is 6.07 Å². The van der Waals surface area contributed by atoms with Crippen molar-refractivity contribution in [2.45, 2.75) is 6.42 Å². The fourth-order valence-electron chi connectivity index (χ4n) is 0.915. The number of thiazole rings is 1. The van der Waals surface area contributed by atoms with Crippen LogP contribution in [-0.4, -0.2) is 25.7 Å². The molecular formula is C7H9ClN4O2S2. The van der Waals surface area contributed by atoms with Crippen molar-refractivity contribution in [2.75, 3.05) is 17.6 Å². The molecule has 1 rings (SSSR count). The zero-order chi connectivity index (χ0) is 12.2. The van der Waals surface area contributed by atoms with Gasteiger partial charge in [-0.05, 0) is 6.42 Å². The fraction of sp³-hybridized carbons (Fsp3) is 0.429. The summed E-state index contributed by atoms with van der Waals surface area (Å²) in [5, 5.41) is 17.0. The first kappa shape index (κ1) is 13.2. The number of rotatable bonds is 5. The van der Waals surface area contributed by atoms with E-state index in [-0.39, 0.29) is 10.9 Å². The van der Waals surface area contributed by atoms with Crippen molar-refractivity contribution in [1.29, 1.82) is 5.26 Å². The highest BCUT2D eigenvalue weighted by molar-refractivity contribution is 7.89. The van der Waals surface area contributed by atoms with Crippen molar-refractivity contribution in [3.63, 3.8) is 0 Å². The molecule has 88 valence electrons. The molecule has 0 bridgehead atoms. The molecule has 0 saturated carbocycles. The van der Waals surface area contributed by atoms with Crippen LogP contribution in [0.2, 0.25) is 5.15 Å². The predicted molar refractivity (Wildman–Crippen MR) is 62.9 cm³/mol. The number of hydrogen-bond donors (Lipinski definition) is 2. The van der Waals surface area contributed by atoms with Crippen LogP contribution in [0, 0.1) is 11.3 Å². The van der Waals surface area contributed by atoms with Crippen LogP contribution in [0.1, 0.15) is 11.3 Å². The van der Waals surface area contributed by atoms with Crippen molar-refractivity contribution in [3.05, 3.63) is 10.0 Å². The molecule has 0 aliphatic carbocycles. The van der Waals surface area contributed by atoms with Crippen molar-refractivity contribution < 1.29 is 8.42 Å². The monoisotopic (exact) mass is 280 g/mol. The second-order valence-electron chi connectivity index (χ2n) is 2.90. The third kappa shape index (κ3) is 4.32. The lowest BCUT2D eigenvalue weighted by molar-refractivity contribution is 0.596. The Morgan fingerprint density at radius 1 is 1.62 bits per heavy atom. The van der Waals surface area contributed by atoms with E-state index in [1.54, 1.807) is 0 Å². The molecule has 3 N–H and O–H groups in total. The third-order valence-electron chi connectivity index (χ3n) is 1.57. The average molecular weight is 281 g/mol. The van der Waals surface area contributed by atoms with Gasteiger partial charge < -0.3 is 5.32 Å². The minimum absolute atomic E-state index is 0.0930. The number of halogens is 1. The molecule has 9 heteroatoms. The van der Waals surface area contributed by atoms with E-state index in [0.29, 0.717) is 23.0 Å². The van der Waals surface area contributed by atoms with E-state index in [9.17, 15) is 8.42 Å². The summed E-state index contributed by atoms with van der Waals surface area (Å²) in [6.07, 6.45) is 0.373. The number of anilines is 1. The molecule has 0 radical (unpaired) electrons. The van der Waals surface area contributed by atoms with E-state index in [1.165, 1.54) is 0 Å². The first-order valence-electron chi connectivity index (χ1n) is 4.23. The van der Waals surface area contributed by atoms with Gasteiger partial charge in [0, 0.05) is 6.54 Å². The minimum Gasteiger partial charge on any atom is -0.361 e. The molecule has 0 saturated heterocycles. The Morgan fingerprint density at radius 2 is 2.31 bits per heavy atom. The van der Waals surface area contributed by atoms with Crippen LogP contribution in [0.5, 0.6) is 0 Å². The van der Waals surface area contributed by atoms with Gasteiger partial charge in [-0.15, -0.1) is 0 Å². The largest absolute Gasteiger partial charge is 0.361 e. The lowest BCUT2D eigenvalue weighted by Crippen LogP contribution is -2.18. The second kappa shape index (κ2) is 5.45. The number of aromatic nitrogens is 1. The van der Waals surface area contributed by atoms with Gasteiger partial charge in [-0.2, -0.15) is 5.26 Å². The zero-order valence-electron chi connectivity index (χ0n) is 8.10. The smallest absolute Gasteiger partial charge is 0.209 e. The number of primary sulfonamides is 1. The van der Waals surface area contributed by atoms with Crippen molar-refractivity contribution >= 4 is 38.1 Å². The molecule has 1 heterocycles. The highest BCUT2D eigenvalue weighted by Gasteiger charge is 2.08. The van der Waals surface area contributed by atoms with Gasteiger partial charge in [0.2, 0.25) is 10.0 Å². The van der Waals surface area contributed by atoms with Gasteiger partial charge in [-0.25, -0.2) is 18.5 Å². The molecule has 0 aliphatic rings. The summed E-state index contributed by atoms with van der Waals surface area (Å²) in [6.45, 7) is 0.408. The maximum atomic E-state index is 10.6. The molecule has 0 aliphatic heterocycles. The second-order valence-corrected chi connectivity index (χ2v) is 5.99. The van der Waals surface area contributed by atoms with Gasteiger partial charge in [0.25, 0.3) is 0 Å². The Kier molecular flexibility index (Phi) is 4.49. The number of nitrogens with zero attached hydrogens (tertiary/aromatic N) is 2. The normalized spacial score (nSPS) is 11.1. The number of hydrogen-bond acceptors (Lipinski definition) is 6. The van der Waals surface area contributed by atoms with E-state index in [0.717, 1.165) is 11.3 Å². The summed E-state index contributed by atoms with van der Waals surface area (Å²) >= 11 is 6.77. The molecule has 0 amide bonds. The Balaban J connectivity index is 2.41. The molecular weight excluding hydrogens is 272 g/mol. The summed E-state index contributed by atoms with van der Waals surface area (Å²) in [7, 11) is -3.42. The van der Waals surface area contributed by atoms with Gasteiger partial charge in [0.15, 0.2) is 10.3 Å². The summed E-state index contributed by atoms with van der Waals surface area (Å²) in [4.78, 5) is 4.21. The first-order valence-corrected chi connectivity index (χ1v) is 7.14. The van der Waals surface area contributed by atoms with E-state index >= 15 is 0 Å². The van der Waals surface area contributed by atoms with Crippen LogP contribution >= 0.6 is 22.9 Å². The number of sulfonamides is 1. The maximum absolute atomic E-state index is 10.6. The standard InChI is InChI=1S/C7H9ClN4O2S2/c8-6-5(4-9)15-7(12-6)11-2-1-3-16(10,13)14/h1-3H2,(H,11,12)(H2,10,13,14). The van der Waals surface area contributed by atoms with Gasteiger partial charge in [0.05, 0.1) is 5.75 Å². The van der Waals surface area contributed by atoms with Crippen LogP contribution in [0.3, 0.4) is 0 Å². The van der Waals surface area contributed by atoms with Crippen molar-refractivity contribution in [2.24, 2.45) is 5.14 Å². The molecule has 0 unspecified atom stereocenters. The molecule has 16 heavy (non-hydrogen) atoms. The summed E-state index contributed by atoms with van der Waals surface area (Å²) in [6, 6.07) is 1.90. The van der Waals surface area contributed by atoms with Gasteiger partial charge in [-0.3, -0.25) is 0 Å². The van der Waals surface area contributed by atoms with Crippen LogP contribution in [0.25, 0.3) is 0 Å². The number of nitrogens with two attached hydrogens (primary N) is 1. The maximum Gasteiger partial charge on any atom is 0.209 e. The molecule has 1 aromatic heterocycles. The molecule has 6 nitrogen and oxygen atoms in total. The Bertz CT molecular complexity index is 505. The van der Waals surface area contributed by atoms with E-state index in [4.69, 9.17) is 22.0 Å². The average Bonchev–Trinajstić information content (AvgIpc) is 2.52. The van der Waals surface area contributed by atoms with Crippen LogP contribution in [0.4, 0.5) is 5.13 Å². The quantitative estimate of drug-likeness (QED) is 0.774. The molecule has 0 fully saturated rings. The van der Waals surface area contributed by atoms with Gasteiger partial charge in [0.1, 0.15) is 10.9 Å². The van der Waals surface area contributed by atoms with Crippen LogP contribution in [0.15, 0.2) is 0 Å². The van der Waals surface area contributed by atoms with Crippen LogP contribution in [-0.2, 0) is 10.0 Å². The first-order chi connectivity index (χ1) is 7.42. The van der Waals surface area contributed by atoms with E-state index in [2.05, 4.69) is 10.3 Å². The summed E-state index contributed by atoms with van der Waals surface area (Å²) in [5.41, 5.74) is 0. The lowest BCUT2D eigenvalue weighted by Gasteiger charge is -2.00. The number of nitriles is 1. The fourth-order valence-corrected chi connectivity index (χ4v) is 2.43. The molecule has 1 aromatic rings. The molecule has 0 atom stereocenters. The lowest BCUT2D eigenvalue weighted by atomic mass is 10.5. The van der Waals surface area contributed by atoms with E-state index in [1.807, 2.05) is 6.07 Å². The van der Waals surface area contributed by atoms with Gasteiger partial charge in [-0.1, -0.05) is 22.9 Å². The van der Waals surface area contributed by atoms with E-state index < -0.39 is 10.0 Å². The molecule has 0 spiro atoms.